The highest BCUT2D eigenvalue weighted by Crippen LogP contribution is 2.42. The molecule has 3 rings (SSSR count). The standard InChI is InChI=1S/C14H14N2O4S/c1-2-9(14-4-3-5-21-14)15-10-6-12-13(20-8-19-12)7-11(10)16(17)18/h3-7,9,15H,2,8H2,1H3. The van der Waals surface area contributed by atoms with Gasteiger partial charge < -0.3 is 14.8 Å². The third-order valence-electron chi connectivity index (χ3n) is 3.31. The number of fused-ring (bicyclic) bond motifs is 1. The molecule has 1 aliphatic rings. The largest absolute Gasteiger partial charge is 0.454 e. The highest BCUT2D eigenvalue weighted by molar-refractivity contribution is 7.10. The molecule has 1 atom stereocenters. The molecule has 1 aromatic heterocycles. The van der Waals surface area contributed by atoms with Gasteiger partial charge in [0.25, 0.3) is 5.69 Å². The maximum atomic E-state index is 11.2. The van der Waals surface area contributed by atoms with Crippen LogP contribution in [-0.4, -0.2) is 11.7 Å². The van der Waals surface area contributed by atoms with Gasteiger partial charge in [-0.05, 0) is 17.9 Å². The molecule has 1 unspecified atom stereocenters. The molecule has 1 aromatic carbocycles. The fourth-order valence-corrected chi connectivity index (χ4v) is 3.11. The van der Waals surface area contributed by atoms with Gasteiger partial charge in [-0.25, -0.2) is 0 Å². The Bertz CT molecular complexity index is 657. The smallest absolute Gasteiger partial charge is 0.296 e. The van der Waals surface area contributed by atoms with Crippen molar-refractivity contribution in [2.75, 3.05) is 12.1 Å². The minimum atomic E-state index is -0.411. The van der Waals surface area contributed by atoms with E-state index < -0.39 is 4.92 Å². The van der Waals surface area contributed by atoms with Crippen LogP contribution < -0.4 is 14.8 Å². The minimum absolute atomic E-state index is 0.00532. The number of benzene rings is 1. The van der Waals surface area contributed by atoms with E-state index >= 15 is 0 Å². The van der Waals surface area contributed by atoms with Crippen molar-refractivity contribution in [3.8, 4) is 11.5 Å². The summed E-state index contributed by atoms with van der Waals surface area (Å²) < 4.78 is 10.5. The molecule has 0 spiro atoms. The van der Waals surface area contributed by atoms with E-state index in [1.165, 1.54) is 6.07 Å². The first-order chi connectivity index (χ1) is 10.2. The molecule has 0 aliphatic carbocycles. The second-order valence-electron chi connectivity index (χ2n) is 4.60. The highest BCUT2D eigenvalue weighted by Gasteiger charge is 2.25. The first kappa shape index (κ1) is 13.7. The van der Waals surface area contributed by atoms with Crippen LogP contribution >= 0.6 is 11.3 Å². The number of ether oxygens (including phenoxy) is 2. The molecule has 2 aromatic rings. The molecule has 21 heavy (non-hydrogen) atoms. The van der Waals surface area contributed by atoms with Crippen LogP contribution in [0.5, 0.6) is 11.5 Å². The van der Waals surface area contributed by atoms with Crippen molar-refractivity contribution < 1.29 is 14.4 Å². The van der Waals surface area contributed by atoms with Crippen molar-refractivity contribution in [1.82, 2.24) is 0 Å². The molecular formula is C14H14N2O4S. The molecule has 7 heteroatoms. The fraction of sp³-hybridized carbons (Fsp3) is 0.286. The molecule has 0 saturated carbocycles. The highest BCUT2D eigenvalue weighted by atomic mass is 32.1. The van der Waals surface area contributed by atoms with Crippen LogP contribution in [0.25, 0.3) is 0 Å². The summed E-state index contributed by atoms with van der Waals surface area (Å²) in [5.74, 6) is 0.945. The van der Waals surface area contributed by atoms with Gasteiger partial charge in [0, 0.05) is 10.9 Å². The number of rotatable bonds is 5. The van der Waals surface area contributed by atoms with E-state index in [0.717, 1.165) is 11.3 Å². The van der Waals surface area contributed by atoms with Crippen LogP contribution in [-0.2, 0) is 0 Å². The summed E-state index contributed by atoms with van der Waals surface area (Å²) in [5, 5.41) is 16.5. The third kappa shape index (κ3) is 2.64. The van der Waals surface area contributed by atoms with Gasteiger partial charge in [-0.3, -0.25) is 10.1 Å². The van der Waals surface area contributed by atoms with E-state index in [1.807, 2.05) is 24.4 Å². The summed E-state index contributed by atoms with van der Waals surface area (Å²) in [5.41, 5.74) is 0.443. The van der Waals surface area contributed by atoms with Crippen LogP contribution in [0.3, 0.4) is 0 Å². The Kier molecular flexibility index (Phi) is 3.66. The SMILES string of the molecule is CCC(Nc1cc2c(cc1[N+](=O)[O-])OCO2)c1cccs1. The van der Waals surface area contributed by atoms with Crippen LogP contribution in [0.4, 0.5) is 11.4 Å². The van der Waals surface area contributed by atoms with Gasteiger partial charge in [-0.1, -0.05) is 13.0 Å². The monoisotopic (exact) mass is 306 g/mol. The average molecular weight is 306 g/mol. The number of nitrogens with zero attached hydrogens (tertiary/aromatic N) is 1. The molecule has 0 saturated heterocycles. The summed E-state index contributed by atoms with van der Waals surface area (Å²) in [7, 11) is 0. The molecule has 1 N–H and O–H groups in total. The second kappa shape index (κ2) is 5.61. The van der Waals surface area contributed by atoms with Crippen molar-refractivity contribution in [2.24, 2.45) is 0 Å². The van der Waals surface area contributed by atoms with Crippen LogP contribution in [0.2, 0.25) is 0 Å². The Morgan fingerprint density at radius 2 is 2.19 bits per heavy atom. The third-order valence-corrected chi connectivity index (χ3v) is 4.30. The Labute approximate surface area is 125 Å². The topological polar surface area (TPSA) is 73.6 Å². The molecule has 1 aliphatic heterocycles. The van der Waals surface area contributed by atoms with Crippen molar-refractivity contribution in [1.29, 1.82) is 0 Å². The molecule has 2 heterocycles. The van der Waals surface area contributed by atoms with Gasteiger partial charge in [0.1, 0.15) is 5.69 Å². The maximum Gasteiger partial charge on any atom is 0.296 e. The normalized spacial score (nSPS) is 14.0. The van der Waals surface area contributed by atoms with Gasteiger partial charge in [0.15, 0.2) is 11.5 Å². The van der Waals surface area contributed by atoms with Gasteiger partial charge in [-0.15, -0.1) is 11.3 Å². The Morgan fingerprint density at radius 1 is 1.43 bits per heavy atom. The lowest BCUT2D eigenvalue weighted by Crippen LogP contribution is -2.09. The van der Waals surface area contributed by atoms with Gasteiger partial charge in [-0.2, -0.15) is 0 Å². The number of thiophene rings is 1. The Morgan fingerprint density at radius 3 is 2.81 bits per heavy atom. The van der Waals surface area contributed by atoms with E-state index in [1.54, 1.807) is 17.4 Å². The zero-order valence-corrected chi connectivity index (χ0v) is 12.2. The molecule has 0 bridgehead atoms. The number of hydrogen-bond acceptors (Lipinski definition) is 6. The second-order valence-corrected chi connectivity index (χ2v) is 5.58. The van der Waals surface area contributed by atoms with Crippen LogP contribution in [0.15, 0.2) is 29.6 Å². The summed E-state index contributed by atoms with van der Waals surface area (Å²) in [6.45, 7) is 2.13. The lowest BCUT2D eigenvalue weighted by atomic mass is 10.1. The zero-order chi connectivity index (χ0) is 14.8. The minimum Gasteiger partial charge on any atom is -0.454 e. The van der Waals surface area contributed by atoms with Crippen LogP contribution in [0.1, 0.15) is 24.3 Å². The number of nitro groups is 1. The summed E-state index contributed by atoms with van der Waals surface area (Å²) >= 11 is 1.63. The predicted molar refractivity (Wildman–Crippen MR) is 80.2 cm³/mol. The summed E-state index contributed by atoms with van der Waals surface area (Å²) in [4.78, 5) is 12.0. The summed E-state index contributed by atoms with van der Waals surface area (Å²) in [6, 6.07) is 7.06. The first-order valence-electron chi connectivity index (χ1n) is 6.57. The van der Waals surface area contributed by atoms with Crippen molar-refractivity contribution in [3.05, 3.63) is 44.6 Å². The van der Waals surface area contributed by atoms with E-state index in [-0.39, 0.29) is 18.5 Å². The first-order valence-corrected chi connectivity index (χ1v) is 7.45. The number of nitro benzene ring substituents is 1. The Hall–Kier alpha value is -2.28. The lowest BCUT2D eigenvalue weighted by Gasteiger charge is -2.17. The fourth-order valence-electron chi connectivity index (χ4n) is 2.25. The van der Waals surface area contributed by atoms with E-state index in [0.29, 0.717) is 17.2 Å². The molecule has 110 valence electrons. The van der Waals surface area contributed by atoms with Crippen molar-refractivity contribution >= 4 is 22.7 Å². The van der Waals surface area contributed by atoms with Gasteiger partial charge in [0.2, 0.25) is 6.79 Å². The van der Waals surface area contributed by atoms with Gasteiger partial charge in [0.05, 0.1) is 17.0 Å². The molecule has 0 amide bonds. The zero-order valence-electron chi connectivity index (χ0n) is 11.4. The number of nitrogens with one attached hydrogen (secondary N) is 1. The number of anilines is 1. The number of hydrogen-bond donors (Lipinski definition) is 1. The van der Waals surface area contributed by atoms with Crippen LogP contribution in [0, 0.1) is 10.1 Å². The summed E-state index contributed by atoms with van der Waals surface area (Å²) in [6.07, 6.45) is 0.826. The van der Waals surface area contributed by atoms with Crippen molar-refractivity contribution in [2.45, 2.75) is 19.4 Å². The van der Waals surface area contributed by atoms with Crippen molar-refractivity contribution in [3.63, 3.8) is 0 Å². The lowest BCUT2D eigenvalue weighted by molar-refractivity contribution is -0.384. The molecular weight excluding hydrogens is 292 g/mol. The van der Waals surface area contributed by atoms with E-state index in [2.05, 4.69) is 5.32 Å². The average Bonchev–Trinajstić information content (AvgIpc) is 3.14. The van der Waals surface area contributed by atoms with E-state index in [9.17, 15) is 10.1 Å². The Balaban J connectivity index is 1.95. The predicted octanol–water partition coefficient (Wildman–Crippen LogP) is 3.95. The van der Waals surface area contributed by atoms with Gasteiger partial charge >= 0.3 is 0 Å². The van der Waals surface area contributed by atoms with E-state index in [4.69, 9.17) is 9.47 Å². The molecule has 6 nitrogen and oxygen atoms in total. The molecule has 0 radical (unpaired) electrons. The molecule has 0 fully saturated rings. The quantitative estimate of drug-likeness (QED) is 0.669. The maximum absolute atomic E-state index is 11.2.